The summed E-state index contributed by atoms with van der Waals surface area (Å²) in [4.78, 5) is 17.9. The molecule has 1 aliphatic rings. The molecule has 2 aromatic rings. The summed E-state index contributed by atoms with van der Waals surface area (Å²) in [6.07, 6.45) is 3.62. The molecule has 3 heterocycles. The van der Waals surface area contributed by atoms with Crippen molar-refractivity contribution >= 4 is 11.3 Å². The van der Waals surface area contributed by atoms with Gasteiger partial charge in [0.15, 0.2) is 5.82 Å². The first-order valence-electron chi connectivity index (χ1n) is 7.39. The zero-order chi connectivity index (χ0) is 15.4. The normalized spacial score (nSPS) is 19.7. The predicted octanol–water partition coefficient (Wildman–Crippen LogP) is 1.57. The second-order valence-electron chi connectivity index (χ2n) is 5.66. The zero-order valence-electron chi connectivity index (χ0n) is 13.0. The summed E-state index contributed by atoms with van der Waals surface area (Å²) in [5.41, 5.74) is 1.02. The molecule has 0 radical (unpaired) electrons. The Bertz CT molecular complexity index is 589. The van der Waals surface area contributed by atoms with Gasteiger partial charge in [0.25, 0.3) is 0 Å². The van der Waals surface area contributed by atoms with Crippen LogP contribution >= 0.6 is 11.3 Å². The van der Waals surface area contributed by atoms with Gasteiger partial charge in [-0.2, -0.15) is 0 Å². The fourth-order valence-electron chi connectivity index (χ4n) is 2.50. The second-order valence-corrected chi connectivity index (χ2v) is 6.64. The molecule has 7 heteroatoms. The molecule has 0 aliphatic carbocycles. The summed E-state index contributed by atoms with van der Waals surface area (Å²) in [6.45, 7) is 4.12. The van der Waals surface area contributed by atoms with Gasteiger partial charge >= 0.3 is 0 Å². The maximum Gasteiger partial charge on any atom is 0.158 e. The number of aromatic nitrogens is 3. The van der Waals surface area contributed by atoms with E-state index in [0.717, 1.165) is 42.7 Å². The first kappa shape index (κ1) is 15.5. The molecule has 6 nitrogen and oxygen atoms in total. The molecular formula is C15H21N5OS. The lowest BCUT2D eigenvalue weighted by Gasteiger charge is -2.31. The number of ether oxygens (including phenoxy) is 1. The van der Waals surface area contributed by atoms with E-state index >= 15 is 0 Å². The molecule has 22 heavy (non-hydrogen) atoms. The number of hydrogen-bond donors (Lipinski definition) is 0. The molecule has 2 aromatic heterocycles. The zero-order valence-corrected chi connectivity index (χ0v) is 13.8. The van der Waals surface area contributed by atoms with Crippen molar-refractivity contribution in [2.75, 3.05) is 33.8 Å². The summed E-state index contributed by atoms with van der Waals surface area (Å²) in [5, 5.41) is 3.16. The molecule has 1 fully saturated rings. The summed E-state index contributed by atoms with van der Waals surface area (Å²) in [5.74, 6) is 0.781. The average Bonchev–Trinajstić information content (AvgIpc) is 3.00. The first-order chi connectivity index (χ1) is 10.7. The van der Waals surface area contributed by atoms with Crippen LogP contribution in [0.4, 0.5) is 0 Å². The van der Waals surface area contributed by atoms with Crippen molar-refractivity contribution in [2.24, 2.45) is 0 Å². The third-order valence-electron chi connectivity index (χ3n) is 3.49. The van der Waals surface area contributed by atoms with Crippen LogP contribution in [0.15, 0.2) is 23.8 Å². The number of rotatable bonds is 5. The molecule has 0 spiro atoms. The van der Waals surface area contributed by atoms with Crippen molar-refractivity contribution in [1.29, 1.82) is 0 Å². The Hall–Kier alpha value is -1.41. The van der Waals surface area contributed by atoms with Gasteiger partial charge in [0.05, 0.1) is 18.8 Å². The van der Waals surface area contributed by atoms with Gasteiger partial charge in [-0.25, -0.2) is 15.0 Å². The van der Waals surface area contributed by atoms with Gasteiger partial charge in [-0.1, -0.05) is 0 Å². The minimum absolute atomic E-state index is 0.0594. The van der Waals surface area contributed by atoms with Gasteiger partial charge in [0, 0.05) is 37.4 Å². The Kier molecular flexibility index (Phi) is 5.09. The van der Waals surface area contributed by atoms with Gasteiger partial charge < -0.3 is 9.64 Å². The second kappa shape index (κ2) is 7.23. The van der Waals surface area contributed by atoms with Crippen LogP contribution in [0.3, 0.4) is 0 Å². The van der Waals surface area contributed by atoms with Crippen molar-refractivity contribution in [1.82, 2.24) is 24.8 Å². The standard InChI is InChI=1S/C15H21N5OS/c1-19(2)9-12-3-4-17-15(18-12)13-10-20(6-7-21-13)11-14-16-5-8-22-14/h3-5,8,13H,6-7,9-11H2,1-2H3. The molecule has 1 aliphatic heterocycles. The molecule has 118 valence electrons. The Morgan fingerprint density at radius 3 is 3.05 bits per heavy atom. The number of thiazole rings is 1. The smallest absolute Gasteiger partial charge is 0.158 e. The van der Waals surface area contributed by atoms with E-state index in [0.29, 0.717) is 6.61 Å². The van der Waals surface area contributed by atoms with Gasteiger partial charge in [-0.3, -0.25) is 4.90 Å². The summed E-state index contributed by atoms with van der Waals surface area (Å²) in [7, 11) is 4.07. The van der Waals surface area contributed by atoms with Crippen LogP contribution in [-0.4, -0.2) is 58.5 Å². The molecule has 0 aromatic carbocycles. The maximum atomic E-state index is 5.88. The van der Waals surface area contributed by atoms with Crippen molar-refractivity contribution < 1.29 is 4.74 Å². The van der Waals surface area contributed by atoms with Crippen LogP contribution in [0, 0.1) is 0 Å². The molecule has 3 rings (SSSR count). The Balaban J connectivity index is 1.66. The molecular weight excluding hydrogens is 298 g/mol. The first-order valence-corrected chi connectivity index (χ1v) is 8.27. The van der Waals surface area contributed by atoms with Gasteiger partial charge in [0.2, 0.25) is 0 Å². The van der Waals surface area contributed by atoms with E-state index in [1.54, 1.807) is 11.3 Å². The largest absolute Gasteiger partial charge is 0.368 e. The van der Waals surface area contributed by atoms with Crippen molar-refractivity contribution in [3.05, 3.63) is 40.4 Å². The number of hydrogen-bond acceptors (Lipinski definition) is 7. The fraction of sp³-hybridized carbons (Fsp3) is 0.533. The molecule has 1 saturated heterocycles. The van der Waals surface area contributed by atoms with E-state index in [-0.39, 0.29) is 6.10 Å². The van der Waals surface area contributed by atoms with Gasteiger partial charge in [-0.15, -0.1) is 11.3 Å². The minimum atomic E-state index is -0.0594. The molecule has 1 atom stereocenters. The minimum Gasteiger partial charge on any atom is -0.368 e. The van der Waals surface area contributed by atoms with Crippen LogP contribution in [0.1, 0.15) is 22.6 Å². The highest BCUT2D eigenvalue weighted by atomic mass is 32.1. The monoisotopic (exact) mass is 319 g/mol. The van der Waals surface area contributed by atoms with Crippen molar-refractivity contribution in [2.45, 2.75) is 19.2 Å². The highest BCUT2D eigenvalue weighted by Crippen LogP contribution is 2.21. The van der Waals surface area contributed by atoms with E-state index < -0.39 is 0 Å². The third-order valence-corrected chi connectivity index (χ3v) is 4.26. The van der Waals surface area contributed by atoms with E-state index in [2.05, 4.69) is 24.8 Å². The number of nitrogens with zero attached hydrogens (tertiary/aromatic N) is 5. The Morgan fingerprint density at radius 2 is 2.27 bits per heavy atom. The van der Waals surface area contributed by atoms with Crippen LogP contribution in [0.2, 0.25) is 0 Å². The summed E-state index contributed by atoms with van der Waals surface area (Å²) < 4.78 is 5.88. The maximum absolute atomic E-state index is 5.88. The Morgan fingerprint density at radius 1 is 1.36 bits per heavy atom. The lowest BCUT2D eigenvalue weighted by Crippen LogP contribution is -2.38. The fourth-order valence-corrected chi connectivity index (χ4v) is 3.16. The summed E-state index contributed by atoms with van der Waals surface area (Å²) >= 11 is 1.69. The van der Waals surface area contributed by atoms with Crippen LogP contribution in [0.5, 0.6) is 0 Å². The molecule has 1 unspecified atom stereocenters. The van der Waals surface area contributed by atoms with Crippen molar-refractivity contribution in [3.8, 4) is 0 Å². The molecule has 0 amide bonds. The third kappa shape index (κ3) is 4.07. The van der Waals surface area contributed by atoms with E-state index in [1.165, 1.54) is 0 Å². The van der Waals surface area contributed by atoms with Gasteiger partial charge in [0.1, 0.15) is 11.1 Å². The average molecular weight is 319 g/mol. The lowest BCUT2D eigenvalue weighted by atomic mass is 10.2. The topological polar surface area (TPSA) is 54.4 Å². The molecule has 0 N–H and O–H groups in total. The van der Waals surface area contributed by atoms with Crippen LogP contribution in [-0.2, 0) is 17.8 Å². The quantitative estimate of drug-likeness (QED) is 0.834. The predicted molar refractivity (Wildman–Crippen MR) is 85.5 cm³/mol. The van der Waals surface area contributed by atoms with Crippen molar-refractivity contribution in [3.63, 3.8) is 0 Å². The SMILES string of the molecule is CN(C)Cc1ccnc(C2CN(Cc3nccs3)CCO2)n1. The Labute approximate surface area is 134 Å². The van der Waals surface area contributed by atoms with Crippen LogP contribution in [0.25, 0.3) is 0 Å². The molecule has 0 saturated carbocycles. The van der Waals surface area contributed by atoms with Crippen LogP contribution < -0.4 is 0 Å². The highest BCUT2D eigenvalue weighted by Gasteiger charge is 2.24. The summed E-state index contributed by atoms with van der Waals surface area (Å²) in [6, 6.07) is 1.96. The lowest BCUT2D eigenvalue weighted by molar-refractivity contribution is -0.0373. The number of morpholine rings is 1. The molecule has 0 bridgehead atoms. The van der Waals surface area contributed by atoms with Gasteiger partial charge in [-0.05, 0) is 20.2 Å². The van der Waals surface area contributed by atoms with E-state index in [4.69, 9.17) is 4.74 Å². The highest BCUT2D eigenvalue weighted by molar-refractivity contribution is 7.09. The van der Waals surface area contributed by atoms with E-state index in [9.17, 15) is 0 Å². The van der Waals surface area contributed by atoms with E-state index in [1.807, 2.05) is 37.9 Å².